The summed E-state index contributed by atoms with van der Waals surface area (Å²) in [6.07, 6.45) is 3.40. The largest absolute Gasteiger partial charge is 0.350 e. The van der Waals surface area contributed by atoms with E-state index >= 15 is 0 Å². The summed E-state index contributed by atoms with van der Waals surface area (Å²) in [5.74, 6) is 7.15. The zero-order valence-electron chi connectivity index (χ0n) is 10.8. The summed E-state index contributed by atoms with van der Waals surface area (Å²) in [4.78, 5) is 13.1. The first-order valence-electron chi connectivity index (χ1n) is 6.46. The summed E-state index contributed by atoms with van der Waals surface area (Å²) in [5.41, 5.74) is 6.35. The van der Waals surface area contributed by atoms with Crippen molar-refractivity contribution in [2.75, 3.05) is 12.3 Å². The third-order valence-corrected chi connectivity index (χ3v) is 5.26. The molecule has 1 aliphatic rings. The van der Waals surface area contributed by atoms with E-state index in [1.165, 1.54) is 6.42 Å². The van der Waals surface area contributed by atoms with Crippen LogP contribution < -0.4 is 11.1 Å². The molecular formula is C14H18N2OS2. The molecule has 0 saturated carbocycles. The van der Waals surface area contributed by atoms with Gasteiger partial charge in [-0.05, 0) is 30.0 Å². The standard InChI is InChI=1S/C14H18N2OS2/c15-7-3-4-11-6-9-19-13(11)10-16-14(17)12-5-1-2-8-18-12/h6,9,12H,1-2,5,7-8,10,15H2,(H,16,17). The molecule has 3 nitrogen and oxygen atoms in total. The maximum absolute atomic E-state index is 12.0. The van der Waals surface area contributed by atoms with Crippen LogP contribution in [0.3, 0.4) is 0 Å². The molecule has 102 valence electrons. The van der Waals surface area contributed by atoms with Crippen LogP contribution in [-0.2, 0) is 11.3 Å². The minimum Gasteiger partial charge on any atom is -0.350 e. The SMILES string of the molecule is NCC#Cc1ccsc1CNC(=O)C1CCCCS1. The molecule has 0 radical (unpaired) electrons. The van der Waals surface area contributed by atoms with Gasteiger partial charge in [0.2, 0.25) is 5.91 Å². The van der Waals surface area contributed by atoms with Gasteiger partial charge in [0.25, 0.3) is 0 Å². The molecule has 0 aromatic carbocycles. The van der Waals surface area contributed by atoms with E-state index < -0.39 is 0 Å². The van der Waals surface area contributed by atoms with E-state index in [4.69, 9.17) is 5.73 Å². The second-order valence-corrected chi connectivity index (χ2v) is 6.65. The van der Waals surface area contributed by atoms with Crippen LogP contribution in [-0.4, -0.2) is 23.5 Å². The fraction of sp³-hybridized carbons (Fsp3) is 0.500. The number of amides is 1. The minimum absolute atomic E-state index is 0.132. The topological polar surface area (TPSA) is 55.1 Å². The molecule has 1 aromatic heterocycles. The predicted octanol–water partition coefficient (Wildman–Crippen LogP) is 1.96. The van der Waals surface area contributed by atoms with E-state index in [0.29, 0.717) is 13.1 Å². The van der Waals surface area contributed by atoms with Crippen molar-refractivity contribution in [2.24, 2.45) is 5.73 Å². The minimum atomic E-state index is 0.132. The average molecular weight is 294 g/mol. The van der Waals surface area contributed by atoms with Crippen molar-refractivity contribution in [1.29, 1.82) is 0 Å². The van der Waals surface area contributed by atoms with Crippen molar-refractivity contribution in [2.45, 2.75) is 31.1 Å². The smallest absolute Gasteiger partial charge is 0.233 e. The first kappa shape index (κ1) is 14.4. The molecule has 2 rings (SSSR count). The molecule has 1 aliphatic heterocycles. The fourth-order valence-electron chi connectivity index (χ4n) is 1.96. The summed E-state index contributed by atoms with van der Waals surface area (Å²) in [5, 5.41) is 5.15. The van der Waals surface area contributed by atoms with Gasteiger partial charge in [-0.3, -0.25) is 4.79 Å². The van der Waals surface area contributed by atoms with Gasteiger partial charge in [0.15, 0.2) is 0 Å². The molecule has 0 spiro atoms. The number of thioether (sulfide) groups is 1. The number of thiophene rings is 1. The van der Waals surface area contributed by atoms with Crippen LogP contribution in [0.1, 0.15) is 29.7 Å². The van der Waals surface area contributed by atoms with E-state index in [-0.39, 0.29) is 11.2 Å². The Bertz CT molecular complexity index is 481. The van der Waals surface area contributed by atoms with Crippen LogP contribution in [0, 0.1) is 11.8 Å². The highest BCUT2D eigenvalue weighted by atomic mass is 32.2. The van der Waals surface area contributed by atoms with E-state index in [2.05, 4.69) is 17.2 Å². The van der Waals surface area contributed by atoms with Crippen molar-refractivity contribution in [1.82, 2.24) is 5.32 Å². The fourth-order valence-corrected chi connectivity index (χ4v) is 3.96. The van der Waals surface area contributed by atoms with Crippen LogP contribution in [0.4, 0.5) is 0 Å². The van der Waals surface area contributed by atoms with Crippen molar-refractivity contribution >= 4 is 29.0 Å². The molecule has 19 heavy (non-hydrogen) atoms. The van der Waals surface area contributed by atoms with Crippen LogP contribution >= 0.6 is 23.1 Å². The molecule has 1 atom stereocenters. The Kier molecular flexibility index (Phi) is 5.77. The summed E-state index contributed by atoms with van der Waals surface area (Å²) in [7, 11) is 0. The Balaban J connectivity index is 1.88. The van der Waals surface area contributed by atoms with Gasteiger partial charge in [-0.1, -0.05) is 18.3 Å². The molecule has 1 saturated heterocycles. The summed E-state index contributed by atoms with van der Waals surface area (Å²) in [6, 6.07) is 1.98. The average Bonchev–Trinajstić information content (AvgIpc) is 2.91. The first-order chi connectivity index (χ1) is 9.31. The molecule has 1 fully saturated rings. The van der Waals surface area contributed by atoms with Crippen LogP contribution in [0.15, 0.2) is 11.4 Å². The second kappa shape index (κ2) is 7.59. The van der Waals surface area contributed by atoms with E-state index in [1.54, 1.807) is 23.1 Å². The number of carbonyl (C=O) groups is 1. The molecule has 2 heterocycles. The molecule has 0 bridgehead atoms. The lowest BCUT2D eigenvalue weighted by atomic mass is 10.2. The zero-order valence-corrected chi connectivity index (χ0v) is 12.4. The highest BCUT2D eigenvalue weighted by Gasteiger charge is 2.21. The van der Waals surface area contributed by atoms with Gasteiger partial charge in [0.1, 0.15) is 0 Å². The van der Waals surface area contributed by atoms with Crippen LogP contribution in [0.5, 0.6) is 0 Å². The number of nitrogens with two attached hydrogens (primary N) is 1. The quantitative estimate of drug-likeness (QED) is 0.838. The van der Waals surface area contributed by atoms with Crippen molar-refractivity contribution < 1.29 is 4.79 Å². The Morgan fingerprint density at radius 1 is 1.53 bits per heavy atom. The maximum Gasteiger partial charge on any atom is 0.233 e. The molecule has 1 amide bonds. The van der Waals surface area contributed by atoms with Gasteiger partial charge in [0.05, 0.1) is 18.3 Å². The summed E-state index contributed by atoms with van der Waals surface area (Å²) >= 11 is 3.40. The second-order valence-electron chi connectivity index (χ2n) is 4.34. The van der Waals surface area contributed by atoms with Crippen LogP contribution in [0.2, 0.25) is 0 Å². The molecule has 0 aliphatic carbocycles. The Labute approximate surface area is 122 Å². The van der Waals surface area contributed by atoms with E-state index in [9.17, 15) is 4.79 Å². The lowest BCUT2D eigenvalue weighted by molar-refractivity contribution is -0.120. The maximum atomic E-state index is 12.0. The normalized spacial score (nSPS) is 18.5. The molecule has 3 N–H and O–H groups in total. The Morgan fingerprint density at radius 2 is 2.42 bits per heavy atom. The number of carbonyl (C=O) groups excluding carboxylic acids is 1. The lowest BCUT2D eigenvalue weighted by Gasteiger charge is -2.20. The third-order valence-electron chi connectivity index (χ3n) is 2.97. The van der Waals surface area contributed by atoms with Gasteiger partial charge >= 0.3 is 0 Å². The van der Waals surface area contributed by atoms with Gasteiger partial charge in [0, 0.05) is 10.4 Å². The third kappa shape index (κ3) is 4.27. The summed E-state index contributed by atoms with van der Waals surface area (Å²) in [6.45, 7) is 0.933. The highest BCUT2D eigenvalue weighted by molar-refractivity contribution is 8.00. The number of hydrogen-bond acceptors (Lipinski definition) is 4. The van der Waals surface area contributed by atoms with Gasteiger partial charge in [-0.2, -0.15) is 0 Å². The van der Waals surface area contributed by atoms with Crippen molar-refractivity contribution in [3.05, 3.63) is 21.9 Å². The van der Waals surface area contributed by atoms with Crippen molar-refractivity contribution in [3.63, 3.8) is 0 Å². The molecule has 5 heteroatoms. The van der Waals surface area contributed by atoms with Gasteiger partial charge in [-0.15, -0.1) is 23.1 Å². The van der Waals surface area contributed by atoms with Gasteiger partial charge < -0.3 is 11.1 Å². The Morgan fingerprint density at radius 3 is 3.16 bits per heavy atom. The van der Waals surface area contributed by atoms with Crippen molar-refractivity contribution in [3.8, 4) is 11.8 Å². The first-order valence-corrected chi connectivity index (χ1v) is 8.38. The predicted molar refractivity (Wildman–Crippen MR) is 82.2 cm³/mol. The highest BCUT2D eigenvalue weighted by Crippen LogP contribution is 2.25. The van der Waals surface area contributed by atoms with Crippen LogP contribution in [0.25, 0.3) is 0 Å². The van der Waals surface area contributed by atoms with E-state index in [1.807, 2.05) is 11.4 Å². The van der Waals surface area contributed by atoms with E-state index in [0.717, 1.165) is 29.0 Å². The molecular weight excluding hydrogens is 276 g/mol. The number of rotatable bonds is 3. The zero-order chi connectivity index (χ0) is 13.5. The molecule has 1 aromatic rings. The lowest BCUT2D eigenvalue weighted by Crippen LogP contribution is -2.33. The summed E-state index contributed by atoms with van der Waals surface area (Å²) < 4.78 is 0. The Hall–Kier alpha value is -0.960. The van der Waals surface area contributed by atoms with Gasteiger partial charge in [-0.25, -0.2) is 0 Å². The monoisotopic (exact) mass is 294 g/mol. The molecule has 1 unspecified atom stereocenters. The number of nitrogens with one attached hydrogen (secondary N) is 1. The number of hydrogen-bond donors (Lipinski definition) is 2.